The zero-order valence-electron chi connectivity index (χ0n) is 14.8. The fraction of sp³-hybridized carbons (Fsp3) is 0.286. The molecule has 2 aromatic carbocycles. The largest absolute Gasteiger partial charge is 0.486 e. The summed E-state index contributed by atoms with van der Waals surface area (Å²) in [6.07, 6.45) is 0.212. The number of hydrogen-bond acceptors (Lipinski definition) is 4. The summed E-state index contributed by atoms with van der Waals surface area (Å²) in [5.41, 5.74) is 3.50. The van der Waals surface area contributed by atoms with Gasteiger partial charge in [0.25, 0.3) is 0 Å². The first-order valence-electron chi connectivity index (χ1n) is 9.16. The van der Waals surface area contributed by atoms with Gasteiger partial charge in [0.2, 0.25) is 0 Å². The number of H-pyrrole nitrogens is 1. The first-order valence-corrected chi connectivity index (χ1v) is 9.16. The minimum atomic E-state index is -0.318. The highest BCUT2D eigenvalue weighted by molar-refractivity contribution is 5.85. The average Bonchev–Trinajstić information content (AvgIpc) is 3.09. The van der Waals surface area contributed by atoms with Gasteiger partial charge in [0.1, 0.15) is 13.2 Å². The van der Waals surface area contributed by atoms with E-state index < -0.39 is 0 Å². The van der Waals surface area contributed by atoms with Gasteiger partial charge in [-0.05, 0) is 30.2 Å². The second-order valence-corrected chi connectivity index (χ2v) is 6.87. The van der Waals surface area contributed by atoms with Crippen LogP contribution in [0.5, 0.6) is 11.5 Å². The van der Waals surface area contributed by atoms with E-state index in [1.54, 1.807) is 4.90 Å². The van der Waals surface area contributed by atoms with Gasteiger partial charge >= 0.3 is 6.09 Å². The van der Waals surface area contributed by atoms with E-state index in [9.17, 15) is 4.79 Å². The molecule has 0 spiro atoms. The van der Waals surface area contributed by atoms with Crippen molar-refractivity contribution in [1.29, 1.82) is 0 Å². The molecule has 3 heterocycles. The van der Waals surface area contributed by atoms with Gasteiger partial charge in [-0.2, -0.15) is 0 Å². The molecular formula is C21H20N2O4. The molecule has 5 rings (SSSR count). The lowest BCUT2D eigenvalue weighted by atomic mass is 10.0. The Morgan fingerprint density at radius 1 is 1.15 bits per heavy atom. The van der Waals surface area contributed by atoms with Crippen LogP contribution in [0, 0.1) is 0 Å². The third-order valence-electron chi connectivity index (χ3n) is 5.10. The highest BCUT2D eigenvalue weighted by atomic mass is 16.6. The molecule has 0 aliphatic carbocycles. The van der Waals surface area contributed by atoms with Crippen molar-refractivity contribution in [2.75, 3.05) is 19.8 Å². The number of ether oxygens (including phenoxy) is 3. The lowest BCUT2D eigenvalue weighted by Crippen LogP contribution is -2.40. The number of amides is 1. The maximum atomic E-state index is 12.5. The normalized spacial score (nSPS) is 18.2. The predicted molar refractivity (Wildman–Crippen MR) is 100 cm³/mol. The van der Waals surface area contributed by atoms with E-state index in [1.165, 1.54) is 10.9 Å². The predicted octanol–water partition coefficient (Wildman–Crippen LogP) is 3.50. The topological polar surface area (TPSA) is 63.8 Å². The summed E-state index contributed by atoms with van der Waals surface area (Å²) < 4.78 is 17.0. The molecule has 1 atom stereocenters. The number of aromatic amines is 1. The second kappa shape index (κ2) is 6.54. The molecule has 6 heteroatoms. The average molecular weight is 364 g/mol. The molecule has 6 nitrogen and oxygen atoms in total. The number of hydrogen-bond donors (Lipinski definition) is 1. The van der Waals surface area contributed by atoms with Gasteiger partial charge in [0.15, 0.2) is 17.6 Å². The van der Waals surface area contributed by atoms with E-state index in [-0.39, 0.29) is 18.8 Å². The zero-order valence-corrected chi connectivity index (χ0v) is 14.8. The molecule has 2 aliphatic heterocycles. The number of fused-ring (bicyclic) bond motifs is 4. The molecule has 1 aromatic heterocycles. The quantitative estimate of drug-likeness (QED) is 0.756. The van der Waals surface area contributed by atoms with Crippen molar-refractivity contribution in [1.82, 2.24) is 9.88 Å². The summed E-state index contributed by atoms with van der Waals surface area (Å²) in [6, 6.07) is 15.8. The van der Waals surface area contributed by atoms with E-state index >= 15 is 0 Å². The highest BCUT2D eigenvalue weighted by Gasteiger charge is 2.27. The standard InChI is InChI=1S/C21H20N2O4/c24-21(26-13-14-12-25-19-7-3-4-8-20(19)27-14)23-10-9-16-15-5-1-2-6-17(15)22-18(16)11-23/h1-8,14,22H,9-13H2. The summed E-state index contributed by atoms with van der Waals surface area (Å²) in [4.78, 5) is 17.7. The van der Waals surface area contributed by atoms with Crippen LogP contribution in [-0.2, 0) is 17.7 Å². The molecule has 1 N–H and O–H groups in total. The fourth-order valence-corrected chi connectivity index (χ4v) is 3.75. The first-order chi connectivity index (χ1) is 13.3. The minimum Gasteiger partial charge on any atom is -0.486 e. The smallest absolute Gasteiger partial charge is 0.410 e. The maximum absolute atomic E-state index is 12.5. The van der Waals surface area contributed by atoms with Gasteiger partial charge < -0.3 is 24.1 Å². The van der Waals surface area contributed by atoms with E-state index in [0.717, 1.165) is 23.4 Å². The molecule has 1 unspecified atom stereocenters. The lowest BCUT2D eigenvalue weighted by Gasteiger charge is -2.29. The summed E-state index contributed by atoms with van der Waals surface area (Å²) in [5.74, 6) is 1.41. The van der Waals surface area contributed by atoms with Gasteiger partial charge in [-0.25, -0.2) is 4.79 Å². The number of rotatable bonds is 2. The Balaban J connectivity index is 1.21. The number of para-hydroxylation sites is 3. The second-order valence-electron chi connectivity index (χ2n) is 6.87. The molecule has 138 valence electrons. The van der Waals surface area contributed by atoms with Crippen molar-refractivity contribution < 1.29 is 19.0 Å². The maximum Gasteiger partial charge on any atom is 0.410 e. The van der Waals surface area contributed by atoms with Gasteiger partial charge in [-0.1, -0.05) is 30.3 Å². The van der Waals surface area contributed by atoms with E-state index in [1.807, 2.05) is 36.4 Å². The number of nitrogens with zero attached hydrogens (tertiary/aromatic N) is 1. The van der Waals surface area contributed by atoms with Gasteiger partial charge in [0.05, 0.1) is 6.54 Å². The third-order valence-corrected chi connectivity index (χ3v) is 5.10. The molecule has 0 saturated heterocycles. The third kappa shape index (κ3) is 2.97. The Morgan fingerprint density at radius 2 is 1.96 bits per heavy atom. The van der Waals surface area contributed by atoms with Crippen molar-refractivity contribution in [3.8, 4) is 11.5 Å². The monoisotopic (exact) mass is 364 g/mol. The molecular weight excluding hydrogens is 344 g/mol. The van der Waals surface area contributed by atoms with Crippen molar-refractivity contribution in [3.05, 3.63) is 59.8 Å². The summed E-state index contributed by atoms with van der Waals surface area (Å²) in [7, 11) is 0. The molecule has 0 saturated carbocycles. The van der Waals surface area contributed by atoms with Crippen LogP contribution in [0.2, 0.25) is 0 Å². The van der Waals surface area contributed by atoms with Crippen LogP contribution in [0.1, 0.15) is 11.3 Å². The lowest BCUT2D eigenvalue weighted by molar-refractivity contribution is 0.0203. The van der Waals surface area contributed by atoms with Crippen LogP contribution in [-0.4, -0.2) is 41.8 Å². The highest BCUT2D eigenvalue weighted by Crippen LogP contribution is 2.31. The van der Waals surface area contributed by atoms with Crippen molar-refractivity contribution in [2.24, 2.45) is 0 Å². The van der Waals surface area contributed by atoms with Crippen LogP contribution in [0.25, 0.3) is 10.9 Å². The molecule has 0 fully saturated rings. The van der Waals surface area contributed by atoms with Crippen molar-refractivity contribution >= 4 is 17.0 Å². The van der Waals surface area contributed by atoms with Crippen LogP contribution >= 0.6 is 0 Å². The number of benzene rings is 2. The molecule has 3 aromatic rings. The Morgan fingerprint density at radius 3 is 2.89 bits per heavy atom. The molecule has 2 aliphatic rings. The minimum absolute atomic E-state index is 0.170. The zero-order chi connectivity index (χ0) is 18.2. The van der Waals surface area contributed by atoms with Gasteiger partial charge in [-0.3, -0.25) is 0 Å². The summed E-state index contributed by atoms with van der Waals surface area (Å²) >= 11 is 0. The van der Waals surface area contributed by atoms with Gasteiger partial charge in [-0.15, -0.1) is 0 Å². The fourth-order valence-electron chi connectivity index (χ4n) is 3.75. The number of carbonyl (C=O) groups excluding carboxylic acids is 1. The van der Waals surface area contributed by atoms with Crippen LogP contribution in [0.15, 0.2) is 48.5 Å². The van der Waals surface area contributed by atoms with E-state index in [0.29, 0.717) is 25.4 Å². The van der Waals surface area contributed by atoms with E-state index in [2.05, 4.69) is 17.1 Å². The Bertz CT molecular complexity index is 997. The number of aromatic nitrogens is 1. The van der Waals surface area contributed by atoms with Gasteiger partial charge in [0, 0.05) is 23.1 Å². The Kier molecular flexibility index (Phi) is 3.89. The summed E-state index contributed by atoms with van der Waals surface area (Å²) in [5, 5.41) is 1.24. The Labute approximate surface area is 156 Å². The number of carbonyl (C=O) groups is 1. The van der Waals surface area contributed by atoms with Crippen LogP contribution in [0.4, 0.5) is 4.79 Å². The molecule has 0 bridgehead atoms. The first kappa shape index (κ1) is 16.1. The molecule has 27 heavy (non-hydrogen) atoms. The van der Waals surface area contributed by atoms with E-state index in [4.69, 9.17) is 14.2 Å². The van der Waals surface area contributed by atoms with Crippen molar-refractivity contribution in [2.45, 2.75) is 19.1 Å². The molecule has 0 radical (unpaired) electrons. The van der Waals surface area contributed by atoms with Crippen molar-refractivity contribution in [3.63, 3.8) is 0 Å². The SMILES string of the molecule is O=C(OCC1COc2ccccc2O1)N1CCc2c([nH]c3ccccc23)C1. The van der Waals surface area contributed by atoms with Crippen LogP contribution in [0.3, 0.4) is 0 Å². The van der Waals surface area contributed by atoms with Crippen LogP contribution < -0.4 is 9.47 Å². The summed E-state index contributed by atoms with van der Waals surface area (Å²) in [6.45, 7) is 1.73. The Hall–Kier alpha value is -3.15. The molecule has 1 amide bonds. The number of nitrogens with one attached hydrogen (secondary N) is 1.